The van der Waals surface area contributed by atoms with Crippen molar-refractivity contribution in [2.24, 2.45) is 0 Å². The maximum absolute atomic E-state index is 12.6. The molecular weight excluding hydrogens is 368 g/mol. The lowest BCUT2D eigenvalue weighted by Crippen LogP contribution is -2.38. The molecule has 0 radical (unpaired) electrons. The van der Waals surface area contributed by atoms with Crippen LogP contribution in [-0.4, -0.2) is 58.6 Å². The summed E-state index contributed by atoms with van der Waals surface area (Å²) >= 11 is 0. The van der Waals surface area contributed by atoms with Gasteiger partial charge in [0.2, 0.25) is 0 Å². The van der Waals surface area contributed by atoms with Crippen LogP contribution in [-0.2, 0) is 11.3 Å². The first-order chi connectivity index (χ1) is 14.2. The Balaban J connectivity index is 1.41. The van der Waals surface area contributed by atoms with Gasteiger partial charge in [0.1, 0.15) is 0 Å². The fraction of sp³-hybridized carbons (Fsp3) is 0.286. The van der Waals surface area contributed by atoms with E-state index in [0.717, 1.165) is 44.0 Å². The minimum atomic E-state index is -0.334. The molecule has 1 amide bonds. The number of morpholine rings is 1. The molecule has 3 aromatic rings. The van der Waals surface area contributed by atoms with E-state index >= 15 is 0 Å². The van der Waals surface area contributed by atoms with E-state index in [4.69, 9.17) is 10.5 Å². The van der Waals surface area contributed by atoms with E-state index in [1.165, 1.54) is 0 Å². The first kappa shape index (κ1) is 19.1. The van der Waals surface area contributed by atoms with Gasteiger partial charge in [-0.1, -0.05) is 41.6 Å². The van der Waals surface area contributed by atoms with E-state index < -0.39 is 0 Å². The number of ether oxygens (including phenoxy) is 1. The monoisotopic (exact) mass is 392 g/mol. The van der Waals surface area contributed by atoms with Gasteiger partial charge in [0, 0.05) is 19.6 Å². The van der Waals surface area contributed by atoms with Gasteiger partial charge < -0.3 is 15.8 Å². The molecule has 4 rings (SSSR count). The van der Waals surface area contributed by atoms with Crippen LogP contribution in [0.1, 0.15) is 10.5 Å². The summed E-state index contributed by atoms with van der Waals surface area (Å²) in [7, 11) is 0. The highest BCUT2D eigenvalue weighted by Gasteiger charge is 2.15. The predicted octanol–water partition coefficient (Wildman–Crippen LogP) is 2.11. The third-order valence-electron chi connectivity index (χ3n) is 4.93. The number of nitrogens with zero attached hydrogens (tertiary/aromatic N) is 4. The lowest BCUT2D eigenvalue weighted by molar-refractivity contribution is 0.0359. The van der Waals surface area contributed by atoms with Crippen molar-refractivity contribution in [3.8, 4) is 11.1 Å². The van der Waals surface area contributed by atoms with Gasteiger partial charge >= 0.3 is 0 Å². The maximum Gasteiger partial charge on any atom is 0.277 e. The van der Waals surface area contributed by atoms with Crippen LogP contribution < -0.4 is 11.1 Å². The average molecular weight is 392 g/mol. The van der Waals surface area contributed by atoms with E-state index in [1.54, 1.807) is 16.9 Å². The molecule has 3 N–H and O–H groups in total. The SMILES string of the molecule is Nc1ccc(-c2ccccc2)cc1NC(=O)c1cn(CCN2CCOCC2)nn1. The number of carbonyl (C=O) groups is 1. The molecule has 2 aromatic carbocycles. The molecule has 1 saturated heterocycles. The number of nitrogens with two attached hydrogens (primary N) is 1. The van der Waals surface area contributed by atoms with E-state index in [1.807, 2.05) is 42.5 Å². The topological polar surface area (TPSA) is 98.3 Å². The number of hydrogen-bond acceptors (Lipinski definition) is 6. The minimum Gasteiger partial charge on any atom is -0.397 e. The van der Waals surface area contributed by atoms with Gasteiger partial charge in [-0.05, 0) is 23.3 Å². The number of nitrogens with one attached hydrogen (secondary N) is 1. The molecule has 1 aliphatic rings. The molecule has 1 aromatic heterocycles. The maximum atomic E-state index is 12.6. The fourth-order valence-corrected chi connectivity index (χ4v) is 3.24. The quantitative estimate of drug-likeness (QED) is 0.624. The smallest absolute Gasteiger partial charge is 0.277 e. The van der Waals surface area contributed by atoms with Crippen LogP contribution in [0.5, 0.6) is 0 Å². The number of carbonyl (C=O) groups excluding carboxylic acids is 1. The lowest BCUT2D eigenvalue weighted by Gasteiger charge is -2.26. The number of rotatable bonds is 6. The van der Waals surface area contributed by atoms with Gasteiger partial charge in [-0.2, -0.15) is 0 Å². The van der Waals surface area contributed by atoms with Crippen molar-refractivity contribution in [2.45, 2.75) is 6.54 Å². The Morgan fingerprint density at radius 3 is 2.66 bits per heavy atom. The number of benzene rings is 2. The lowest BCUT2D eigenvalue weighted by atomic mass is 10.0. The fourth-order valence-electron chi connectivity index (χ4n) is 3.24. The molecule has 0 atom stereocenters. The highest BCUT2D eigenvalue weighted by molar-refractivity contribution is 6.04. The Morgan fingerprint density at radius 1 is 1.07 bits per heavy atom. The number of amides is 1. The van der Waals surface area contributed by atoms with Gasteiger partial charge in [-0.15, -0.1) is 5.10 Å². The van der Waals surface area contributed by atoms with Crippen molar-refractivity contribution < 1.29 is 9.53 Å². The molecule has 0 bridgehead atoms. The second kappa shape index (κ2) is 8.85. The van der Waals surface area contributed by atoms with E-state index in [0.29, 0.717) is 17.9 Å². The first-order valence-corrected chi connectivity index (χ1v) is 9.65. The molecular formula is C21H24N6O2. The summed E-state index contributed by atoms with van der Waals surface area (Å²) in [4.78, 5) is 14.9. The Bertz CT molecular complexity index is 966. The highest BCUT2D eigenvalue weighted by atomic mass is 16.5. The van der Waals surface area contributed by atoms with Crippen molar-refractivity contribution in [2.75, 3.05) is 43.9 Å². The Hall–Kier alpha value is -3.23. The van der Waals surface area contributed by atoms with Crippen LogP contribution in [0.4, 0.5) is 11.4 Å². The molecule has 150 valence electrons. The Labute approximate surface area is 169 Å². The summed E-state index contributed by atoms with van der Waals surface area (Å²) in [5, 5.41) is 10.9. The molecule has 29 heavy (non-hydrogen) atoms. The van der Waals surface area contributed by atoms with Crippen LogP contribution in [0.2, 0.25) is 0 Å². The molecule has 0 aliphatic carbocycles. The summed E-state index contributed by atoms with van der Waals surface area (Å²) < 4.78 is 7.04. The number of hydrogen-bond donors (Lipinski definition) is 2. The van der Waals surface area contributed by atoms with Crippen LogP contribution >= 0.6 is 0 Å². The summed E-state index contributed by atoms with van der Waals surface area (Å²) in [6.45, 7) is 4.87. The third kappa shape index (κ3) is 4.79. The molecule has 0 unspecified atom stereocenters. The van der Waals surface area contributed by atoms with Crippen LogP contribution in [0.25, 0.3) is 11.1 Å². The molecule has 2 heterocycles. The number of nitrogen functional groups attached to an aromatic ring is 1. The predicted molar refractivity (Wildman–Crippen MR) is 112 cm³/mol. The molecule has 8 heteroatoms. The second-order valence-corrected chi connectivity index (χ2v) is 6.94. The van der Waals surface area contributed by atoms with E-state index in [-0.39, 0.29) is 11.6 Å². The van der Waals surface area contributed by atoms with Crippen molar-refractivity contribution in [3.05, 3.63) is 60.4 Å². The van der Waals surface area contributed by atoms with Gasteiger partial charge in [0.15, 0.2) is 5.69 Å². The standard InChI is InChI=1S/C21H24N6O2/c22-18-7-6-17(16-4-2-1-3-5-16)14-19(18)23-21(28)20-15-27(25-24-20)9-8-26-10-12-29-13-11-26/h1-7,14-15H,8-13,22H2,(H,23,28). The molecule has 8 nitrogen and oxygen atoms in total. The number of aromatic nitrogens is 3. The zero-order valence-electron chi connectivity index (χ0n) is 16.1. The molecule has 0 spiro atoms. The van der Waals surface area contributed by atoms with E-state index in [2.05, 4.69) is 20.5 Å². The minimum absolute atomic E-state index is 0.261. The summed E-state index contributed by atoms with van der Waals surface area (Å²) in [5.41, 5.74) is 9.40. The first-order valence-electron chi connectivity index (χ1n) is 9.65. The summed E-state index contributed by atoms with van der Waals surface area (Å²) in [6.07, 6.45) is 1.66. The zero-order valence-corrected chi connectivity index (χ0v) is 16.1. The van der Waals surface area contributed by atoms with Crippen molar-refractivity contribution in [1.29, 1.82) is 0 Å². The molecule has 0 saturated carbocycles. The average Bonchev–Trinajstić information content (AvgIpc) is 3.24. The second-order valence-electron chi connectivity index (χ2n) is 6.94. The highest BCUT2D eigenvalue weighted by Crippen LogP contribution is 2.27. The van der Waals surface area contributed by atoms with Gasteiger partial charge in [0.25, 0.3) is 5.91 Å². The van der Waals surface area contributed by atoms with Crippen LogP contribution in [0, 0.1) is 0 Å². The van der Waals surface area contributed by atoms with Crippen molar-refractivity contribution >= 4 is 17.3 Å². The van der Waals surface area contributed by atoms with E-state index in [9.17, 15) is 4.79 Å². The van der Waals surface area contributed by atoms with Crippen molar-refractivity contribution in [3.63, 3.8) is 0 Å². The summed E-state index contributed by atoms with van der Waals surface area (Å²) in [6, 6.07) is 15.5. The van der Waals surface area contributed by atoms with Crippen LogP contribution in [0.15, 0.2) is 54.7 Å². The zero-order chi connectivity index (χ0) is 20.1. The third-order valence-corrected chi connectivity index (χ3v) is 4.93. The summed E-state index contributed by atoms with van der Waals surface area (Å²) in [5.74, 6) is -0.334. The largest absolute Gasteiger partial charge is 0.397 e. The molecule has 1 aliphatic heterocycles. The van der Waals surface area contributed by atoms with Crippen molar-refractivity contribution in [1.82, 2.24) is 19.9 Å². The molecule has 1 fully saturated rings. The van der Waals surface area contributed by atoms with Gasteiger partial charge in [-0.3, -0.25) is 14.4 Å². The van der Waals surface area contributed by atoms with Crippen LogP contribution in [0.3, 0.4) is 0 Å². The number of anilines is 2. The van der Waals surface area contributed by atoms with Gasteiger partial charge in [0.05, 0.1) is 37.3 Å². The van der Waals surface area contributed by atoms with Gasteiger partial charge in [-0.25, -0.2) is 0 Å². The Kier molecular flexibility index (Phi) is 5.83. The normalized spacial score (nSPS) is 14.6. The Morgan fingerprint density at radius 2 is 1.86 bits per heavy atom.